The Hall–Kier alpha value is -2.51. The summed E-state index contributed by atoms with van der Waals surface area (Å²) in [5.74, 6) is -0.814. The van der Waals surface area contributed by atoms with Gasteiger partial charge in [-0.3, -0.25) is 25.2 Å². The summed E-state index contributed by atoms with van der Waals surface area (Å²) in [6.07, 6.45) is -0.0212. The van der Waals surface area contributed by atoms with Gasteiger partial charge in [-0.2, -0.15) is 0 Å². The number of hydrazine groups is 1. The molecule has 3 amide bonds. The molecule has 0 saturated carbocycles. The summed E-state index contributed by atoms with van der Waals surface area (Å²) in [5, 5.41) is 3.29. The molecule has 28 heavy (non-hydrogen) atoms. The molecule has 2 rings (SSSR count). The zero-order chi connectivity index (χ0) is 20.5. The van der Waals surface area contributed by atoms with Gasteiger partial charge in [-0.25, -0.2) is 0 Å². The molecule has 0 aliphatic carbocycles. The monoisotopic (exact) mass is 419 g/mol. The maximum atomic E-state index is 12.2. The van der Waals surface area contributed by atoms with Crippen LogP contribution in [0.2, 0.25) is 5.02 Å². The van der Waals surface area contributed by atoms with Crippen LogP contribution in [0.1, 0.15) is 30.5 Å². The van der Waals surface area contributed by atoms with Crippen molar-refractivity contribution in [1.82, 2.24) is 16.2 Å². The molecule has 2 aromatic rings. The van der Waals surface area contributed by atoms with Gasteiger partial charge in [0.2, 0.25) is 17.7 Å². The molecular weight excluding hydrogens is 398 g/mol. The summed E-state index contributed by atoms with van der Waals surface area (Å²) >= 11 is 7.25. The molecule has 0 saturated heterocycles. The zero-order valence-corrected chi connectivity index (χ0v) is 17.2. The Labute approximate surface area is 173 Å². The molecule has 0 spiro atoms. The highest BCUT2D eigenvalue weighted by Gasteiger charge is 2.17. The highest BCUT2D eigenvalue weighted by Crippen LogP contribution is 2.20. The van der Waals surface area contributed by atoms with E-state index in [0.717, 1.165) is 16.0 Å². The number of nitrogens with one attached hydrogen (secondary N) is 3. The van der Waals surface area contributed by atoms with Gasteiger partial charge in [0.25, 0.3) is 0 Å². The number of benzene rings is 2. The number of carbonyl (C=O) groups excluding carboxylic acids is 3. The molecule has 0 aliphatic heterocycles. The summed E-state index contributed by atoms with van der Waals surface area (Å²) < 4.78 is 0. The first-order chi connectivity index (χ1) is 13.3. The Kier molecular flexibility index (Phi) is 8.35. The first-order valence-corrected chi connectivity index (χ1v) is 9.99. The molecule has 0 bridgehead atoms. The average molecular weight is 420 g/mol. The predicted octanol–water partition coefficient (Wildman–Crippen LogP) is 3.16. The minimum atomic E-state index is -0.520. The Morgan fingerprint density at radius 3 is 2.18 bits per heavy atom. The van der Waals surface area contributed by atoms with Crippen LogP contribution in [-0.2, 0) is 14.4 Å². The SMILES string of the molecule is CC(=O)NC(CC(=O)NNC(=O)CSc1ccc(C)cc1)c1ccc(Cl)cc1. The van der Waals surface area contributed by atoms with Gasteiger partial charge in [0, 0.05) is 16.8 Å². The van der Waals surface area contributed by atoms with Crippen LogP contribution in [-0.4, -0.2) is 23.5 Å². The molecule has 6 nitrogen and oxygen atoms in total. The van der Waals surface area contributed by atoms with Crippen molar-refractivity contribution in [2.75, 3.05) is 5.75 Å². The van der Waals surface area contributed by atoms with Crippen LogP contribution in [0, 0.1) is 6.92 Å². The first-order valence-electron chi connectivity index (χ1n) is 8.63. The van der Waals surface area contributed by atoms with E-state index < -0.39 is 11.9 Å². The van der Waals surface area contributed by atoms with Crippen LogP contribution in [0.4, 0.5) is 0 Å². The lowest BCUT2D eigenvalue weighted by Crippen LogP contribution is -2.44. The minimum absolute atomic E-state index is 0.0212. The Morgan fingerprint density at radius 2 is 1.57 bits per heavy atom. The average Bonchev–Trinajstić information content (AvgIpc) is 2.65. The highest BCUT2D eigenvalue weighted by molar-refractivity contribution is 8.00. The van der Waals surface area contributed by atoms with Gasteiger partial charge >= 0.3 is 0 Å². The van der Waals surface area contributed by atoms with Crippen LogP contribution < -0.4 is 16.2 Å². The van der Waals surface area contributed by atoms with Crippen molar-refractivity contribution >= 4 is 41.1 Å². The van der Waals surface area contributed by atoms with Crippen molar-refractivity contribution < 1.29 is 14.4 Å². The standard InChI is InChI=1S/C20H22ClN3O3S/c1-13-3-9-17(10-4-13)28-12-20(27)24-23-19(26)11-18(22-14(2)25)15-5-7-16(21)8-6-15/h3-10,18H,11-12H2,1-2H3,(H,22,25)(H,23,26)(H,24,27). The Morgan fingerprint density at radius 1 is 0.964 bits per heavy atom. The van der Waals surface area contributed by atoms with E-state index in [1.165, 1.54) is 18.7 Å². The fraction of sp³-hybridized carbons (Fsp3) is 0.250. The van der Waals surface area contributed by atoms with Gasteiger partial charge in [0.15, 0.2) is 0 Å². The zero-order valence-electron chi connectivity index (χ0n) is 15.6. The van der Waals surface area contributed by atoms with E-state index in [4.69, 9.17) is 11.6 Å². The van der Waals surface area contributed by atoms with Gasteiger partial charge in [0.05, 0.1) is 18.2 Å². The smallest absolute Gasteiger partial charge is 0.248 e. The molecule has 0 aromatic heterocycles. The van der Waals surface area contributed by atoms with Crippen molar-refractivity contribution in [3.05, 3.63) is 64.7 Å². The molecule has 2 aromatic carbocycles. The lowest BCUT2D eigenvalue weighted by Gasteiger charge is -2.18. The third-order valence-electron chi connectivity index (χ3n) is 3.77. The number of amides is 3. The molecule has 0 fully saturated rings. The van der Waals surface area contributed by atoms with Crippen LogP contribution in [0.15, 0.2) is 53.4 Å². The molecule has 8 heteroatoms. The van der Waals surface area contributed by atoms with Gasteiger partial charge in [-0.1, -0.05) is 41.4 Å². The van der Waals surface area contributed by atoms with Crippen molar-refractivity contribution in [2.24, 2.45) is 0 Å². The van der Waals surface area contributed by atoms with Gasteiger partial charge < -0.3 is 5.32 Å². The first kappa shape index (κ1) is 21.8. The van der Waals surface area contributed by atoms with Crippen molar-refractivity contribution in [3.63, 3.8) is 0 Å². The summed E-state index contributed by atoms with van der Waals surface area (Å²) in [4.78, 5) is 36.5. The third kappa shape index (κ3) is 7.62. The molecule has 0 aliphatic rings. The highest BCUT2D eigenvalue weighted by atomic mass is 35.5. The van der Waals surface area contributed by atoms with Gasteiger partial charge in [-0.15, -0.1) is 11.8 Å². The van der Waals surface area contributed by atoms with E-state index in [9.17, 15) is 14.4 Å². The van der Waals surface area contributed by atoms with E-state index in [-0.39, 0.29) is 24.0 Å². The quantitative estimate of drug-likeness (QED) is 0.475. The predicted molar refractivity (Wildman–Crippen MR) is 111 cm³/mol. The fourth-order valence-electron chi connectivity index (χ4n) is 2.39. The van der Waals surface area contributed by atoms with Crippen LogP contribution in [0.5, 0.6) is 0 Å². The Bertz CT molecular complexity index is 826. The summed E-state index contributed by atoms with van der Waals surface area (Å²) in [6, 6.07) is 14.2. The van der Waals surface area contributed by atoms with Crippen LogP contribution >= 0.6 is 23.4 Å². The van der Waals surface area contributed by atoms with Gasteiger partial charge in [0.1, 0.15) is 0 Å². The second-order valence-corrected chi connectivity index (χ2v) is 7.69. The minimum Gasteiger partial charge on any atom is -0.349 e. The number of carbonyl (C=O) groups is 3. The largest absolute Gasteiger partial charge is 0.349 e. The van der Waals surface area contributed by atoms with E-state index in [2.05, 4.69) is 16.2 Å². The lowest BCUT2D eigenvalue weighted by molar-refractivity contribution is -0.128. The molecule has 1 atom stereocenters. The van der Waals surface area contributed by atoms with Gasteiger partial charge in [-0.05, 0) is 36.8 Å². The molecule has 3 N–H and O–H groups in total. The third-order valence-corrected chi connectivity index (χ3v) is 5.04. The maximum Gasteiger partial charge on any atom is 0.248 e. The molecular formula is C20H22ClN3O3S. The Balaban J connectivity index is 1.82. The second-order valence-electron chi connectivity index (χ2n) is 6.21. The summed E-state index contributed by atoms with van der Waals surface area (Å²) in [7, 11) is 0. The number of thioether (sulfide) groups is 1. The van der Waals surface area contributed by atoms with Crippen molar-refractivity contribution in [3.8, 4) is 0 Å². The molecule has 1 unspecified atom stereocenters. The summed E-state index contributed by atoms with van der Waals surface area (Å²) in [6.45, 7) is 3.37. The normalized spacial score (nSPS) is 11.4. The molecule has 0 heterocycles. The van der Waals surface area contributed by atoms with E-state index >= 15 is 0 Å². The maximum absolute atomic E-state index is 12.2. The number of hydrogen-bond donors (Lipinski definition) is 3. The van der Waals surface area contributed by atoms with Crippen LogP contribution in [0.3, 0.4) is 0 Å². The molecule has 0 radical (unpaired) electrons. The number of rotatable bonds is 7. The lowest BCUT2D eigenvalue weighted by atomic mass is 10.0. The topological polar surface area (TPSA) is 87.3 Å². The van der Waals surface area contributed by atoms with E-state index in [1.807, 2.05) is 31.2 Å². The van der Waals surface area contributed by atoms with Crippen molar-refractivity contribution in [1.29, 1.82) is 0 Å². The fourth-order valence-corrected chi connectivity index (χ4v) is 3.21. The second kappa shape index (κ2) is 10.7. The number of hydrogen-bond acceptors (Lipinski definition) is 4. The summed E-state index contributed by atoms with van der Waals surface area (Å²) in [5.41, 5.74) is 6.67. The number of halogens is 1. The van der Waals surface area contributed by atoms with Crippen molar-refractivity contribution in [2.45, 2.75) is 31.2 Å². The van der Waals surface area contributed by atoms with E-state index in [0.29, 0.717) is 5.02 Å². The van der Waals surface area contributed by atoms with E-state index in [1.54, 1.807) is 24.3 Å². The molecule has 148 valence electrons. The number of aryl methyl sites for hydroxylation is 1. The van der Waals surface area contributed by atoms with Crippen LogP contribution in [0.25, 0.3) is 0 Å².